The van der Waals surface area contributed by atoms with Gasteiger partial charge in [0.2, 0.25) is 0 Å². The minimum absolute atomic E-state index is 0.106. The van der Waals surface area contributed by atoms with Crippen molar-refractivity contribution in [3.05, 3.63) is 35.9 Å². The third kappa shape index (κ3) is 3.52. The Bertz CT molecular complexity index is 998. The Labute approximate surface area is 170 Å². The third-order valence-corrected chi connectivity index (χ3v) is 6.28. The second kappa shape index (κ2) is 6.65. The highest BCUT2D eigenvalue weighted by molar-refractivity contribution is 6.04. The van der Waals surface area contributed by atoms with E-state index in [-0.39, 0.29) is 46.4 Å². The molecule has 2 fully saturated rings. The van der Waals surface area contributed by atoms with E-state index < -0.39 is 5.97 Å². The number of carbonyl (C=O) groups excluding carboxylic acids is 2. The van der Waals surface area contributed by atoms with Gasteiger partial charge in [0.05, 0.1) is 0 Å². The van der Waals surface area contributed by atoms with Crippen LogP contribution < -0.4 is 0 Å². The maximum Gasteiger partial charge on any atom is 0.342 e. The summed E-state index contributed by atoms with van der Waals surface area (Å²) in [7, 11) is 0. The molecule has 1 aliphatic heterocycles. The first-order valence-electron chi connectivity index (χ1n) is 9.99. The third-order valence-electron chi connectivity index (χ3n) is 6.28. The highest BCUT2D eigenvalue weighted by atomic mass is 16.5. The summed E-state index contributed by atoms with van der Waals surface area (Å²) in [5.41, 5.74) is 0.147. The van der Waals surface area contributed by atoms with Gasteiger partial charge >= 0.3 is 5.97 Å². The van der Waals surface area contributed by atoms with Crippen molar-refractivity contribution in [1.82, 2.24) is 4.90 Å². The van der Waals surface area contributed by atoms with E-state index in [0.717, 1.165) is 19.3 Å². The largest absolute Gasteiger partial charge is 0.507 e. The van der Waals surface area contributed by atoms with Crippen LogP contribution in [0.2, 0.25) is 0 Å². The minimum atomic E-state index is -0.828. The molecule has 1 amide bonds. The molecule has 1 saturated carbocycles. The highest BCUT2D eigenvalue weighted by Crippen LogP contribution is 2.52. The van der Waals surface area contributed by atoms with Gasteiger partial charge in [-0.3, -0.25) is 4.79 Å². The molecule has 1 heterocycles. The van der Waals surface area contributed by atoms with Crippen molar-refractivity contribution >= 4 is 22.6 Å². The van der Waals surface area contributed by atoms with Crippen LogP contribution >= 0.6 is 0 Å². The second-order valence-corrected chi connectivity index (χ2v) is 9.65. The van der Waals surface area contributed by atoms with Crippen molar-refractivity contribution in [1.29, 1.82) is 0 Å². The number of phenols is 2. The first kappa shape index (κ1) is 19.6. The van der Waals surface area contributed by atoms with Gasteiger partial charge in [0, 0.05) is 23.4 Å². The predicted molar refractivity (Wildman–Crippen MR) is 109 cm³/mol. The summed E-state index contributed by atoms with van der Waals surface area (Å²) in [5, 5.41) is 21.4. The molecule has 0 unspecified atom stereocenters. The Morgan fingerprint density at radius 3 is 2.55 bits per heavy atom. The number of nitrogens with zero attached hydrogens (tertiary/aromatic N) is 1. The molecule has 4 rings (SSSR count). The number of ether oxygens (including phenoxy) is 1. The lowest BCUT2D eigenvalue weighted by atomic mass is 9.65. The van der Waals surface area contributed by atoms with Gasteiger partial charge < -0.3 is 19.8 Å². The van der Waals surface area contributed by atoms with E-state index >= 15 is 0 Å². The number of esters is 1. The van der Waals surface area contributed by atoms with E-state index in [0.29, 0.717) is 17.3 Å². The summed E-state index contributed by atoms with van der Waals surface area (Å²) in [6, 6.07) is 8.04. The molecule has 2 N–H and O–H groups in total. The van der Waals surface area contributed by atoms with Crippen LogP contribution in [0, 0.1) is 10.8 Å². The quantitative estimate of drug-likeness (QED) is 0.607. The molecule has 1 aliphatic carbocycles. The molecule has 2 aromatic carbocycles. The predicted octanol–water partition coefficient (Wildman–Crippen LogP) is 3.84. The van der Waals surface area contributed by atoms with Crippen LogP contribution in [-0.4, -0.2) is 46.2 Å². The fourth-order valence-corrected chi connectivity index (χ4v) is 5.54. The van der Waals surface area contributed by atoms with Crippen LogP contribution in [0.3, 0.4) is 0 Å². The van der Waals surface area contributed by atoms with Crippen molar-refractivity contribution < 1.29 is 24.5 Å². The lowest BCUT2D eigenvalue weighted by molar-refractivity contribution is -0.135. The van der Waals surface area contributed by atoms with Crippen LogP contribution in [0.5, 0.6) is 11.5 Å². The molecule has 154 valence electrons. The smallest absolute Gasteiger partial charge is 0.342 e. The van der Waals surface area contributed by atoms with Crippen molar-refractivity contribution in [3.8, 4) is 11.5 Å². The molecule has 6 nitrogen and oxygen atoms in total. The number of phenolic OH excluding ortho intramolecular Hbond substituents is 2. The number of rotatable bonds is 3. The van der Waals surface area contributed by atoms with E-state index in [1.165, 1.54) is 6.07 Å². The molecule has 6 heteroatoms. The molecule has 1 saturated heterocycles. The number of hydrogen-bond donors (Lipinski definition) is 2. The van der Waals surface area contributed by atoms with Gasteiger partial charge in [0.1, 0.15) is 17.1 Å². The summed E-state index contributed by atoms with van der Waals surface area (Å²) < 4.78 is 5.22. The van der Waals surface area contributed by atoms with Crippen LogP contribution in [0.25, 0.3) is 10.8 Å². The van der Waals surface area contributed by atoms with E-state index in [1.54, 1.807) is 24.3 Å². The normalized spacial score (nSPS) is 25.2. The standard InChI is InChI=1S/C23H27NO5/c1-22(2)9-14-10-23(3,12-22)13-24(14)19(26)11-29-21(28)17-8-18(25)15-6-4-5-7-16(15)20(17)27/h4-8,14,25,27H,9-13H2,1-3H3/t14-,23-/m1/s1. The highest BCUT2D eigenvalue weighted by Gasteiger charge is 2.50. The van der Waals surface area contributed by atoms with Crippen molar-refractivity contribution in [2.75, 3.05) is 13.2 Å². The van der Waals surface area contributed by atoms with Gasteiger partial charge in [0.15, 0.2) is 6.61 Å². The van der Waals surface area contributed by atoms with Crippen molar-refractivity contribution in [2.45, 2.75) is 46.1 Å². The topological polar surface area (TPSA) is 87.1 Å². The first-order chi connectivity index (χ1) is 13.6. The maximum atomic E-state index is 12.8. The van der Waals surface area contributed by atoms with E-state index in [4.69, 9.17) is 4.74 Å². The molecule has 2 aromatic rings. The molecule has 2 bridgehead atoms. The Morgan fingerprint density at radius 2 is 1.83 bits per heavy atom. The average molecular weight is 397 g/mol. The summed E-state index contributed by atoms with van der Waals surface area (Å²) in [5.74, 6) is -1.43. The molecule has 0 aromatic heterocycles. The minimum Gasteiger partial charge on any atom is -0.507 e. The zero-order valence-electron chi connectivity index (χ0n) is 17.1. The van der Waals surface area contributed by atoms with Crippen molar-refractivity contribution in [2.24, 2.45) is 10.8 Å². The van der Waals surface area contributed by atoms with Gasteiger partial charge in [-0.05, 0) is 36.2 Å². The van der Waals surface area contributed by atoms with E-state index in [1.807, 2.05) is 4.90 Å². The summed E-state index contributed by atoms with van der Waals surface area (Å²) in [6.45, 7) is 7.00. The Balaban J connectivity index is 1.47. The maximum absolute atomic E-state index is 12.8. The average Bonchev–Trinajstić information content (AvgIpc) is 2.91. The number of aromatic hydroxyl groups is 2. The molecule has 29 heavy (non-hydrogen) atoms. The Morgan fingerprint density at radius 1 is 1.14 bits per heavy atom. The Kier molecular flexibility index (Phi) is 4.48. The van der Waals surface area contributed by atoms with Gasteiger partial charge in [-0.1, -0.05) is 45.0 Å². The van der Waals surface area contributed by atoms with Gasteiger partial charge in [0.25, 0.3) is 5.91 Å². The van der Waals surface area contributed by atoms with E-state index in [9.17, 15) is 19.8 Å². The molecule has 2 atom stereocenters. The fraction of sp³-hybridized carbons (Fsp3) is 0.478. The zero-order valence-corrected chi connectivity index (χ0v) is 17.1. The number of hydrogen-bond acceptors (Lipinski definition) is 5. The molecule has 2 aliphatic rings. The number of fused-ring (bicyclic) bond motifs is 3. The summed E-state index contributed by atoms with van der Waals surface area (Å²) in [6.07, 6.45) is 3.00. The summed E-state index contributed by atoms with van der Waals surface area (Å²) in [4.78, 5) is 27.1. The SMILES string of the molecule is CC1(C)C[C@@H]2C[C@@](C)(CN2C(=O)COC(=O)c2cc(O)c3ccccc3c2O)C1. The van der Waals surface area contributed by atoms with Crippen molar-refractivity contribution in [3.63, 3.8) is 0 Å². The number of likely N-dealkylation sites (tertiary alicyclic amines) is 1. The van der Waals surface area contributed by atoms with Crippen LogP contribution in [-0.2, 0) is 9.53 Å². The second-order valence-electron chi connectivity index (χ2n) is 9.65. The first-order valence-corrected chi connectivity index (χ1v) is 9.99. The molecular weight excluding hydrogens is 370 g/mol. The number of carbonyl (C=O) groups is 2. The lowest BCUT2D eigenvalue weighted by Gasteiger charge is -2.39. The van der Waals surface area contributed by atoms with Gasteiger partial charge in [-0.25, -0.2) is 4.79 Å². The van der Waals surface area contributed by atoms with Gasteiger partial charge in [-0.15, -0.1) is 0 Å². The van der Waals surface area contributed by atoms with Crippen LogP contribution in [0.15, 0.2) is 30.3 Å². The van der Waals surface area contributed by atoms with Crippen LogP contribution in [0.4, 0.5) is 0 Å². The molecular formula is C23H27NO5. The van der Waals surface area contributed by atoms with Crippen LogP contribution in [0.1, 0.15) is 50.4 Å². The monoisotopic (exact) mass is 397 g/mol. The molecule has 0 radical (unpaired) electrons. The fourth-order valence-electron chi connectivity index (χ4n) is 5.54. The zero-order chi connectivity index (χ0) is 21.0. The molecule has 0 spiro atoms. The van der Waals surface area contributed by atoms with Gasteiger partial charge in [-0.2, -0.15) is 0 Å². The number of benzene rings is 2. The Hall–Kier alpha value is -2.76. The lowest BCUT2D eigenvalue weighted by Crippen LogP contribution is -2.39. The van der Waals surface area contributed by atoms with E-state index in [2.05, 4.69) is 20.8 Å². The summed E-state index contributed by atoms with van der Waals surface area (Å²) >= 11 is 0. The number of amides is 1.